The number of aliphatic carboxylic acids is 1. The number of aryl methyl sites for hydroxylation is 3. The standard InChI is InChI=1S/C29H28N2O6S/c1-18-15-19(2)28(20(3)16-18)38(35,36)31(17-26(30)32)24-13-14-25(23-12-8-7-11-22(23)24)37-27(29(33)34)21-9-5-4-6-10-21/h4-16,27H,17H2,1-3H3,(H2,30,32)(H,33,34). The third kappa shape index (κ3) is 5.19. The summed E-state index contributed by atoms with van der Waals surface area (Å²) in [7, 11) is -4.21. The first-order valence-corrected chi connectivity index (χ1v) is 13.3. The highest BCUT2D eigenvalue weighted by Gasteiger charge is 2.31. The number of fused-ring (bicyclic) bond motifs is 1. The highest BCUT2D eigenvalue weighted by atomic mass is 32.2. The van der Waals surface area contributed by atoms with E-state index in [9.17, 15) is 23.1 Å². The fraction of sp³-hybridized carbons (Fsp3) is 0.172. The van der Waals surface area contributed by atoms with Gasteiger partial charge in [-0.15, -0.1) is 0 Å². The minimum Gasteiger partial charge on any atom is -0.478 e. The van der Waals surface area contributed by atoms with Crippen molar-refractivity contribution in [3.8, 4) is 5.75 Å². The SMILES string of the molecule is Cc1cc(C)c(S(=O)(=O)N(CC(N)=O)c2ccc(OC(C(=O)O)c3ccccc3)c3ccccc23)c(C)c1. The van der Waals surface area contributed by atoms with Crippen molar-refractivity contribution in [2.45, 2.75) is 31.8 Å². The van der Waals surface area contributed by atoms with Crippen molar-refractivity contribution in [1.29, 1.82) is 0 Å². The fourth-order valence-corrected chi connectivity index (χ4v) is 6.58. The van der Waals surface area contributed by atoms with E-state index >= 15 is 0 Å². The van der Waals surface area contributed by atoms with Crippen molar-refractivity contribution >= 4 is 38.4 Å². The molecule has 1 amide bonds. The fourth-order valence-electron chi connectivity index (χ4n) is 4.72. The van der Waals surface area contributed by atoms with Gasteiger partial charge in [-0.1, -0.05) is 72.3 Å². The lowest BCUT2D eigenvalue weighted by molar-refractivity contribution is -0.145. The van der Waals surface area contributed by atoms with Crippen molar-refractivity contribution < 1.29 is 27.9 Å². The Hall–Kier alpha value is -4.37. The Kier molecular flexibility index (Phi) is 7.41. The Morgan fingerprint density at radius 1 is 0.895 bits per heavy atom. The number of sulfonamides is 1. The molecule has 0 saturated carbocycles. The topological polar surface area (TPSA) is 127 Å². The van der Waals surface area contributed by atoms with Crippen molar-refractivity contribution in [2.75, 3.05) is 10.8 Å². The number of anilines is 1. The average Bonchev–Trinajstić information content (AvgIpc) is 2.85. The van der Waals surface area contributed by atoms with Gasteiger partial charge in [0.05, 0.1) is 10.6 Å². The normalized spacial score (nSPS) is 12.2. The Labute approximate surface area is 221 Å². The second kappa shape index (κ2) is 10.5. The molecule has 0 aliphatic heterocycles. The maximum atomic E-state index is 14.0. The van der Waals surface area contributed by atoms with E-state index in [1.54, 1.807) is 80.6 Å². The maximum absolute atomic E-state index is 14.0. The lowest BCUT2D eigenvalue weighted by Gasteiger charge is -2.27. The summed E-state index contributed by atoms with van der Waals surface area (Å²) in [6.45, 7) is 4.71. The van der Waals surface area contributed by atoms with E-state index in [2.05, 4.69) is 0 Å². The van der Waals surface area contributed by atoms with Crippen LogP contribution in [-0.2, 0) is 19.6 Å². The van der Waals surface area contributed by atoms with Crippen LogP contribution in [0.5, 0.6) is 5.75 Å². The molecule has 0 heterocycles. The molecule has 196 valence electrons. The molecular weight excluding hydrogens is 504 g/mol. The molecule has 4 rings (SSSR count). The highest BCUT2D eigenvalue weighted by Crippen LogP contribution is 2.38. The molecule has 1 unspecified atom stereocenters. The smallest absolute Gasteiger partial charge is 0.349 e. The first-order valence-electron chi connectivity index (χ1n) is 11.9. The first kappa shape index (κ1) is 26.7. The van der Waals surface area contributed by atoms with Crippen LogP contribution in [0.1, 0.15) is 28.4 Å². The second-order valence-corrected chi connectivity index (χ2v) is 10.9. The van der Waals surface area contributed by atoms with Crippen LogP contribution in [0, 0.1) is 20.8 Å². The molecule has 1 atom stereocenters. The molecule has 8 nitrogen and oxygen atoms in total. The number of nitrogens with zero attached hydrogens (tertiary/aromatic N) is 1. The Balaban J connectivity index is 1.88. The number of carbonyl (C=O) groups is 2. The summed E-state index contributed by atoms with van der Waals surface area (Å²) in [4.78, 5) is 24.2. The number of carboxylic acid groups (broad SMARTS) is 1. The van der Waals surface area contributed by atoms with E-state index in [0.717, 1.165) is 9.87 Å². The van der Waals surface area contributed by atoms with Gasteiger partial charge in [-0.3, -0.25) is 9.10 Å². The van der Waals surface area contributed by atoms with Gasteiger partial charge in [0.1, 0.15) is 12.3 Å². The molecule has 4 aromatic carbocycles. The van der Waals surface area contributed by atoms with Crippen LogP contribution >= 0.6 is 0 Å². The highest BCUT2D eigenvalue weighted by molar-refractivity contribution is 7.93. The van der Waals surface area contributed by atoms with E-state index in [4.69, 9.17) is 10.5 Å². The summed E-state index contributed by atoms with van der Waals surface area (Å²) in [5.74, 6) is -1.75. The largest absolute Gasteiger partial charge is 0.478 e. The quantitative estimate of drug-likeness (QED) is 0.323. The van der Waals surface area contributed by atoms with E-state index in [1.165, 1.54) is 12.1 Å². The summed E-state index contributed by atoms with van der Waals surface area (Å²) in [5, 5.41) is 10.8. The van der Waals surface area contributed by atoms with Crippen LogP contribution < -0.4 is 14.8 Å². The molecule has 38 heavy (non-hydrogen) atoms. The summed E-state index contributed by atoms with van der Waals surface area (Å²) in [6, 6.07) is 21.9. The van der Waals surface area contributed by atoms with Gasteiger partial charge < -0.3 is 15.6 Å². The zero-order chi connectivity index (χ0) is 27.6. The zero-order valence-electron chi connectivity index (χ0n) is 21.2. The van der Waals surface area contributed by atoms with Gasteiger partial charge in [-0.2, -0.15) is 0 Å². The van der Waals surface area contributed by atoms with E-state index < -0.39 is 34.5 Å². The van der Waals surface area contributed by atoms with Crippen molar-refractivity contribution in [2.24, 2.45) is 5.73 Å². The predicted molar refractivity (Wildman–Crippen MR) is 146 cm³/mol. The summed E-state index contributed by atoms with van der Waals surface area (Å²) in [5.41, 5.74) is 8.20. The lowest BCUT2D eigenvalue weighted by Crippen LogP contribution is -2.39. The van der Waals surface area contributed by atoms with Gasteiger partial charge in [-0.25, -0.2) is 13.2 Å². The number of rotatable bonds is 9. The van der Waals surface area contributed by atoms with Crippen LogP contribution in [0.4, 0.5) is 5.69 Å². The van der Waals surface area contributed by atoms with Gasteiger partial charge in [0.15, 0.2) is 0 Å². The lowest BCUT2D eigenvalue weighted by atomic mass is 10.1. The maximum Gasteiger partial charge on any atom is 0.349 e. The molecule has 4 aromatic rings. The van der Waals surface area contributed by atoms with Crippen LogP contribution in [-0.4, -0.2) is 31.9 Å². The van der Waals surface area contributed by atoms with Crippen LogP contribution in [0.2, 0.25) is 0 Å². The molecule has 9 heteroatoms. The third-order valence-corrected chi connectivity index (χ3v) is 8.22. The van der Waals surface area contributed by atoms with Gasteiger partial charge in [-0.05, 0) is 44.0 Å². The summed E-state index contributed by atoms with van der Waals surface area (Å²) in [6.07, 6.45) is -1.28. The van der Waals surface area contributed by atoms with Crippen LogP contribution in [0.25, 0.3) is 10.8 Å². The number of carbonyl (C=O) groups excluding carboxylic acids is 1. The monoisotopic (exact) mass is 532 g/mol. The molecule has 0 aliphatic rings. The number of primary amides is 1. The van der Waals surface area contributed by atoms with Crippen molar-refractivity contribution in [3.63, 3.8) is 0 Å². The van der Waals surface area contributed by atoms with Crippen LogP contribution in [0.3, 0.4) is 0 Å². The van der Waals surface area contributed by atoms with Crippen LogP contribution in [0.15, 0.2) is 83.8 Å². The van der Waals surface area contributed by atoms with E-state index in [-0.39, 0.29) is 16.3 Å². The Morgan fingerprint density at radius 2 is 1.47 bits per heavy atom. The zero-order valence-corrected chi connectivity index (χ0v) is 22.0. The number of amides is 1. The van der Waals surface area contributed by atoms with Gasteiger partial charge in [0, 0.05) is 16.3 Å². The number of hydrogen-bond donors (Lipinski definition) is 2. The summed E-state index contributed by atoms with van der Waals surface area (Å²) >= 11 is 0. The molecule has 0 radical (unpaired) electrons. The second-order valence-electron chi connectivity index (χ2n) is 9.08. The number of carboxylic acids is 1. The third-order valence-electron chi connectivity index (χ3n) is 6.15. The number of benzene rings is 4. The van der Waals surface area contributed by atoms with Gasteiger partial charge >= 0.3 is 5.97 Å². The molecule has 0 spiro atoms. The average molecular weight is 533 g/mol. The Bertz CT molecular complexity index is 1610. The van der Waals surface area contributed by atoms with Crippen molar-refractivity contribution in [1.82, 2.24) is 0 Å². The molecule has 3 N–H and O–H groups in total. The Morgan fingerprint density at radius 3 is 2.05 bits per heavy atom. The van der Waals surface area contributed by atoms with Gasteiger partial charge in [0.25, 0.3) is 10.0 Å². The first-order chi connectivity index (χ1) is 18.0. The molecule has 0 fully saturated rings. The van der Waals surface area contributed by atoms with Crippen molar-refractivity contribution in [3.05, 3.63) is 101 Å². The summed E-state index contributed by atoms with van der Waals surface area (Å²) < 4.78 is 35.0. The molecule has 0 saturated heterocycles. The van der Waals surface area contributed by atoms with E-state index in [1.807, 2.05) is 6.92 Å². The molecule has 0 bridgehead atoms. The molecule has 0 aliphatic carbocycles. The number of hydrogen-bond acceptors (Lipinski definition) is 5. The number of nitrogens with two attached hydrogens (primary N) is 1. The molecular formula is C29H28N2O6S. The minimum absolute atomic E-state index is 0.101. The minimum atomic E-state index is -4.21. The number of ether oxygens (including phenoxy) is 1. The predicted octanol–water partition coefficient (Wildman–Crippen LogP) is 4.65. The van der Waals surface area contributed by atoms with E-state index in [0.29, 0.717) is 27.5 Å². The van der Waals surface area contributed by atoms with Gasteiger partial charge in [0.2, 0.25) is 12.0 Å². The molecule has 0 aromatic heterocycles.